The van der Waals surface area contributed by atoms with Crippen molar-refractivity contribution >= 4 is 29.0 Å². The molecule has 0 aliphatic carbocycles. The van der Waals surface area contributed by atoms with E-state index in [1.807, 2.05) is 67.7 Å². The third-order valence-electron chi connectivity index (χ3n) is 6.86. The molecular weight excluding hydrogens is 496 g/mol. The summed E-state index contributed by atoms with van der Waals surface area (Å²) in [7, 11) is 1.39. The molecule has 2 atom stereocenters. The van der Waals surface area contributed by atoms with Gasteiger partial charge in [-0.1, -0.05) is 6.07 Å². The summed E-state index contributed by atoms with van der Waals surface area (Å²) in [6, 6.07) is 23.3. The Morgan fingerprint density at radius 3 is 2.37 bits per heavy atom. The van der Waals surface area contributed by atoms with E-state index in [-0.39, 0.29) is 18.1 Å². The molecule has 3 heterocycles. The third kappa shape index (κ3) is 4.63. The lowest BCUT2D eigenvalue weighted by Gasteiger charge is -2.28. The average molecular weight is 527 g/mol. The van der Waals surface area contributed by atoms with Crippen LogP contribution in [-0.2, 0) is 4.74 Å². The average Bonchev–Trinajstić information content (AvgIpc) is 3.44. The molecule has 0 unspecified atom stereocenters. The zero-order valence-corrected chi connectivity index (χ0v) is 22.7. The van der Waals surface area contributed by atoms with Gasteiger partial charge in [0.25, 0.3) is 0 Å². The molecule has 0 saturated carbocycles. The zero-order valence-electron chi connectivity index (χ0n) is 21.8. The van der Waals surface area contributed by atoms with Gasteiger partial charge in [-0.2, -0.15) is 0 Å². The van der Waals surface area contributed by atoms with Crippen LogP contribution in [0.2, 0.25) is 0 Å². The second kappa shape index (κ2) is 10.7. The first-order valence-corrected chi connectivity index (χ1v) is 12.9. The fraction of sp³-hybridized carbons (Fsp3) is 0.233. The number of aromatic nitrogens is 2. The van der Waals surface area contributed by atoms with Crippen molar-refractivity contribution in [2.45, 2.75) is 32.9 Å². The van der Waals surface area contributed by atoms with Crippen LogP contribution in [0.5, 0.6) is 5.75 Å². The standard InChI is InChI=1S/C30H30N4O3S/c1-5-37-24-15-13-23(14-16-24)34-28(27(32-30(34)38)26-8-6-7-17-31-26)25-18-19(2)33(20(25)3)22-11-9-21(10-12-22)29(35)36-4/h6-18,27-28H,5H2,1-4H3,(H,32,38)/t27-,28+/m0/s1. The molecule has 0 radical (unpaired) electrons. The summed E-state index contributed by atoms with van der Waals surface area (Å²) in [6.07, 6.45) is 1.81. The minimum atomic E-state index is -0.354. The van der Waals surface area contributed by atoms with E-state index in [4.69, 9.17) is 21.7 Å². The maximum absolute atomic E-state index is 11.9. The second-order valence-electron chi connectivity index (χ2n) is 9.12. The number of hydrogen-bond donors (Lipinski definition) is 1. The molecule has 1 aliphatic heterocycles. The summed E-state index contributed by atoms with van der Waals surface area (Å²) in [4.78, 5) is 18.8. The molecular formula is C30H30N4O3S. The van der Waals surface area contributed by atoms with Crippen LogP contribution >= 0.6 is 12.2 Å². The quantitative estimate of drug-likeness (QED) is 0.239. The first-order valence-electron chi connectivity index (χ1n) is 12.5. The van der Waals surface area contributed by atoms with Crippen LogP contribution in [-0.4, -0.2) is 34.3 Å². The number of carbonyl (C=O) groups excluding carboxylic acids is 1. The molecule has 2 aromatic heterocycles. The van der Waals surface area contributed by atoms with Gasteiger partial charge in [0.05, 0.1) is 37.1 Å². The van der Waals surface area contributed by atoms with Gasteiger partial charge in [0.15, 0.2) is 5.11 Å². The maximum atomic E-state index is 11.9. The molecule has 0 spiro atoms. The molecule has 7 nitrogen and oxygen atoms in total. The number of anilines is 1. The molecule has 4 aromatic rings. The number of ether oxygens (including phenoxy) is 2. The van der Waals surface area contributed by atoms with Crippen molar-refractivity contribution in [2.75, 3.05) is 18.6 Å². The van der Waals surface area contributed by atoms with Gasteiger partial charge in [0.2, 0.25) is 0 Å². The Morgan fingerprint density at radius 2 is 1.74 bits per heavy atom. The van der Waals surface area contributed by atoms with Crippen molar-refractivity contribution in [2.24, 2.45) is 0 Å². The number of benzene rings is 2. The highest BCUT2D eigenvalue weighted by Gasteiger charge is 2.42. The summed E-state index contributed by atoms with van der Waals surface area (Å²) in [6.45, 7) is 6.78. The fourth-order valence-corrected chi connectivity index (χ4v) is 5.51. The van der Waals surface area contributed by atoms with Gasteiger partial charge in [0.1, 0.15) is 5.75 Å². The number of hydrogen-bond acceptors (Lipinski definition) is 5. The molecule has 194 valence electrons. The van der Waals surface area contributed by atoms with Gasteiger partial charge in [-0.05, 0) is 105 Å². The number of carbonyl (C=O) groups is 1. The van der Waals surface area contributed by atoms with Crippen LogP contribution < -0.4 is 15.0 Å². The Morgan fingerprint density at radius 1 is 1.03 bits per heavy atom. The first kappa shape index (κ1) is 25.5. The summed E-state index contributed by atoms with van der Waals surface area (Å²) < 4.78 is 12.7. The highest BCUT2D eigenvalue weighted by molar-refractivity contribution is 7.80. The van der Waals surface area contributed by atoms with Crippen molar-refractivity contribution in [3.63, 3.8) is 0 Å². The Labute approximate surface area is 228 Å². The van der Waals surface area contributed by atoms with E-state index in [9.17, 15) is 4.79 Å². The van der Waals surface area contributed by atoms with Gasteiger partial charge < -0.3 is 24.3 Å². The molecule has 1 saturated heterocycles. The van der Waals surface area contributed by atoms with E-state index in [1.54, 1.807) is 12.1 Å². The lowest BCUT2D eigenvalue weighted by atomic mass is 9.96. The van der Waals surface area contributed by atoms with Crippen LogP contribution in [0.4, 0.5) is 5.69 Å². The number of nitrogens with one attached hydrogen (secondary N) is 1. The Hall–Kier alpha value is -4.17. The van der Waals surface area contributed by atoms with Gasteiger partial charge in [-0.25, -0.2) is 4.79 Å². The summed E-state index contributed by atoms with van der Waals surface area (Å²) in [5, 5.41) is 4.17. The van der Waals surface area contributed by atoms with Gasteiger partial charge in [0, 0.05) is 29.0 Å². The molecule has 1 N–H and O–H groups in total. The van der Waals surface area contributed by atoms with Crippen LogP contribution in [0, 0.1) is 13.8 Å². The lowest BCUT2D eigenvalue weighted by Crippen LogP contribution is -2.29. The van der Waals surface area contributed by atoms with Crippen LogP contribution in [0.3, 0.4) is 0 Å². The lowest BCUT2D eigenvalue weighted by molar-refractivity contribution is 0.0600. The van der Waals surface area contributed by atoms with Crippen LogP contribution in [0.1, 0.15) is 52.0 Å². The Kier molecular flexibility index (Phi) is 7.15. The maximum Gasteiger partial charge on any atom is 0.337 e. The van der Waals surface area contributed by atoms with Gasteiger partial charge in [-0.15, -0.1) is 0 Å². The number of pyridine rings is 1. The van der Waals surface area contributed by atoms with Crippen LogP contribution in [0.15, 0.2) is 79.0 Å². The predicted octanol–water partition coefficient (Wildman–Crippen LogP) is 5.85. The molecule has 38 heavy (non-hydrogen) atoms. The van der Waals surface area contributed by atoms with Gasteiger partial charge in [-0.3, -0.25) is 4.98 Å². The first-order chi connectivity index (χ1) is 18.4. The van der Waals surface area contributed by atoms with E-state index < -0.39 is 0 Å². The summed E-state index contributed by atoms with van der Waals surface area (Å²) in [5.41, 5.74) is 6.67. The Bertz CT molecular complexity index is 1450. The van der Waals surface area contributed by atoms with E-state index >= 15 is 0 Å². The van der Waals surface area contributed by atoms with E-state index in [0.717, 1.165) is 39.8 Å². The largest absolute Gasteiger partial charge is 0.494 e. The highest BCUT2D eigenvalue weighted by Crippen LogP contribution is 2.44. The molecule has 0 amide bonds. The van der Waals surface area contributed by atoms with Crippen molar-refractivity contribution in [3.8, 4) is 11.4 Å². The van der Waals surface area contributed by atoms with E-state index in [1.165, 1.54) is 7.11 Å². The minimum Gasteiger partial charge on any atom is -0.494 e. The van der Waals surface area contributed by atoms with E-state index in [0.29, 0.717) is 17.3 Å². The third-order valence-corrected chi connectivity index (χ3v) is 7.17. The van der Waals surface area contributed by atoms with E-state index in [2.05, 4.69) is 39.7 Å². The number of thiocarbonyl (C=S) groups is 1. The molecule has 1 fully saturated rings. The van der Waals surface area contributed by atoms with Crippen LogP contribution in [0.25, 0.3) is 5.69 Å². The number of aryl methyl sites for hydroxylation is 1. The summed E-state index contributed by atoms with van der Waals surface area (Å²) >= 11 is 5.89. The molecule has 5 rings (SSSR count). The molecule has 1 aliphatic rings. The number of esters is 1. The molecule has 8 heteroatoms. The SMILES string of the molecule is CCOc1ccc(N2C(=S)N[C@@H](c3ccccn3)[C@H]2c2cc(C)n(-c3ccc(C(=O)OC)cc3)c2C)cc1. The number of rotatable bonds is 7. The van der Waals surface area contributed by atoms with Crippen molar-refractivity contribution in [3.05, 3.63) is 107 Å². The van der Waals surface area contributed by atoms with Crippen molar-refractivity contribution in [1.82, 2.24) is 14.9 Å². The topological polar surface area (TPSA) is 68.6 Å². The fourth-order valence-electron chi connectivity index (χ4n) is 5.17. The number of methoxy groups -OCH3 is 1. The second-order valence-corrected chi connectivity index (χ2v) is 9.51. The van der Waals surface area contributed by atoms with Crippen molar-refractivity contribution in [1.29, 1.82) is 0 Å². The number of nitrogens with zero attached hydrogens (tertiary/aromatic N) is 3. The normalized spacial score (nSPS) is 16.8. The summed E-state index contributed by atoms with van der Waals surface area (Å²) in [5.74, 6) is 0.466. The zero-order chi connectivity index (χ0) is 26.8. The van der Waals surface area contributed by atoms with Crippen molar-refractivity contribution < 1.29 is 14.3 Å². The molecule has 0 bridgehead atoms. The Balaban J connectivity index is 1.60. The highest BCUT2D eigenvalue weighted by atomic mass is 32.1. The smallest absolute Gasteiger partial charge is 0.337 e. The monoisotopic (exact) mass is 526 g/mol. The molecule has 2 aromatic carbocycles. The minimum absolute atomic E-state index is 0.135. The van der Waals surface area contributed by atoms with Gasteiger partial charge >= 0.3 is 5.97 Å². The predicted molar refractivity (Wildman–Crippen MR) is 152 cm³/mol.